The number of nitrogens with two attached hydrogens (primary N) is 1. The Labute approximate surface area is 91.0 Å². The van der Waals surface area contributed by atoms with Crippen LogP contribution in [0.2, 0.25) is 0 Å². The highest BCUT2D eigenvalue weighted by atomic mass is 16.5. The smallest absolute Gasteiger partial charge is 0.137 e. The number of hydrogen-bond acceptors (Lipinski definition) is 3. The summed E-state index contributed by atoms with van der Waals surface area (Å²) in [6.07, 6.45) is 8.54. The first-order valence-corrected chi connectivity index (χ1v) is 6.05. The van der Waals surface area contributed by atoms with E-state index in [1.165, 1.54) is 37.8 Å². The molecule has 1 fully saturated rings. The SMILES string of the molecule is NCCCc1cc(C2CCCCC2)no1. The number of rotatable bonds is 4. The Morgan fingerprint density at radius 1 is 1.33 bits per heavy atom. The van der Waals surface area contributed by atoms with Gasteiger partial charge in [0.15, 0.2) is 0 Å². The van der Waals surface area contributed by atoms with Crippen LogP contribution in [0.25, 0.3) is 0 Å². The van der Waals surface area contributed by atoms with Crippen molar-refractivity contribution in [3.63, 3.8) is 0 Å². The van der Waals surface area contributed by atoms with Crippen molar-refractivity contribution in [1.82, 2.24) is 5.16 Å². The average molecular weight is 208 g/mol. The van der Waals surface area contributed by atoms with Gasteiger partial charge in [0.05, 0.1) is 5.69 Å². The van der Waals surface area contributed by atoms with E-state index in [9.17, 15) is 0 Å². The lowest BCUT2D eigenvalue weighted by Gasteiger charge is -2.18. The fraction of sp³-hybridized carbons (Fsp3) is 0.750. The van der Waals surface area contributed by atoms with Crippen LogP contribution >= 0.6 is 0 Å². The molecule has 15 heavy (non-hydrogen) atoms. The predicted octanol–water partition coefficient (Wildman–Crippen LogP) is 2.61. The molecule has 2 N–H and O–H groups in total. The van der Waals surface area contributed by atoms with Gasteiger partial charge in [-0.15, -0.1) is 0 Å². The van der Waals surface area contributed by atoms with Crippen LogP contribution in [0, 0.1) is 0 Å². The van der Waals surface area contributed by atoms with Crippen molar-refractivity contribution in [2.75, 3.05) is 6.54 Å². The van der Waals surface area contributed by atoms with Crippen molar-refractivity contribution < 1.29 is 4.52 Å². The van der Waals surface area contributed by atoms with Crippen molar-refractivity contribution in [2.24, 2.45) is 5.73 Å². The topological polar surface area (TPSA) is 52.0 Å². The molecule has 1 aliphatic rings. The summed E-state index contributed by atoms with van der Waals surface area (Å²) in [4.78, 5) is 0. The van der Waals surface area contributed by atoms with Crippen LogP contribution in [-0.2, 0) is 6.42 Å². The van der Waals surface area contributed by atoms with Gasteiger partial charge < -0.3 is 10.3 Å². The molecule has 3 nitrogen and oxygen atoms in total. The van der Waals surface area contributed by atoms with Crippen LogP contribution in [-0.4, -0.2) is 11.7 Å². The first kappa shape index (κ1) is 10.7. The Bertz CT molecular complexity index is 290. The van der Waals surface area contributed by atoms with E-state index in [1.54, 1.807) is 0 Å². The molecular formula is C12H20N2O. The molecule has 1 aliphatic carbocycles. The third-order valence-electron chi connectivity index (χ3n) is 3.23. The van der Waals surface area contributed by atoms with E-state index in [0.29, 0.717) is 5.92 Å². The average Bonchev–Trinajstić information content (AvgIpc) is 2.76. The Kier molecular flexibility index (Phi) is 3.78. The first-order chi connectivity index (χ1) is 7.40. The van der Waals surface area contributed by atoms with Crippen LogP contribution in [0.15, 0.2) is 10.6 Å². The highest BCUT2D eigenvalue weighted by Crippen LogP contribution is 2.32. The fourth-order valence-corrected chi connectivity index (χ4v) is 2.31. The standard InChI is InChI=1S/C12H20N2O/c13-8-4-7-11-9-12(14-15-11)10-5-2-1-3-6-10/h9-10H,1-8,13H2. The lowest BCUT2D eigenvalue weighted by atomic mass is 9.87. The molecule has 1 saturated carbocycles. The third kappa shape index (κ3) is 2.81. The van der Waals surface area contributed by atoms with Crippen molar-refractivity contribution in [1.29, 1.82) is 0 Å². The van der Waals surface area contributed by atoms with Gasteiger partial charge in [0.2, 0.25) is 0 Å². The second kappa shape index (κ2) is 5.31. The summed E-state index contributed by atoms with van der Waals surface area (Å²) in [6.45, 7) is 0.722. The second-order valence-electron chi connectivity index (χ2n) is 4.45. The van der Waals surface area contributed by atoms with Crippen LogP contribution in [0.4, 0.5) is 0 Å². The minimum atomic E-state index is 0.647. The molecule has 0 atom stereocenters. The lowest BCUT2D eigenvalue weighted by molar-refractivity contribution is 0.357. The minimum Gasteiger partial charge on any atom is -0.361 e. The molecule has 0 bridgehead atoms. The zero-order chi connectivity index (χ0) is 10.5. The van der Waals surface area contributed by atoms with Crippen LogP contribution < -0.4 is 5.73 Å². The Morgan fingerprint density at radius 3 is 2.87 bits per heavy atom. The number of nitrogens with zero attached hydrogens (tertiary/aromatic N) is 1. The maximum atomic E-state index is 5.46. The van der Waals surface area contributed by atoms with Crippen molar-refractivity contribution >= 4 is 0 Å². The largest absolute Gasteiger partial charge is 0.361 e. The van der Waals surface area contributed by atoms with Crippen molar-refractivity contribution in [3.8, 4) is 0 Å². The van der Waals surface area contributed by atoms with Gasteiger partial charge in [-0.3, -0.25) is 0 Å². The maximum Gasteiger partial charge on any atom is 0.137 e. The van der Waals surface area contributed by atoms with Gasteiger partial charge in [-0.05, 0) is 25.8 Å². The van der Waals surface area contributed by atoms with Gasteiger partial charge in [0.25, 0.3) is 0 Å². The van der Waals surface area contributed by atoms with E-state index >= 15 is 0 Å². The Balaban J connectivity index is 1.93. The number of hydrogen-bond donors (Lipinski definition) is 1. The van der Waals surface area contributed by atoms with Crippen LogP contribution in [0.5, 0.6) is 0 Å². The van der Waals surface area contributed by atoms with E-state index in [0.717, 1.165) is 25.1 Å². The summed E-state index contributed by atoms with van der Waals surface area (Å²) >= 11 is 0. The first-order valence-electron chi connectivity index (χ1n) is 6.05. The molecule has 0 saturated heterocycles. The van der Waals surface area contributed by atoms with E-state index in [1.807, 2.05) is 0 Å². The van der Waals surface area contributed by atoms with Crippen molar-refractivity contribution in [2.45, 2.75) is 50.9 Å². The molecule has 0 radical (unpaired) electrons. The maximum absolute atomic E-state index is 5.46. The van der Waals surface area contributed by atoms with Gasteiger partial charge >= 0.3 is 0 Å². The summed E-state index contributed by atoms with van der Waals surface area (Å²) in [6, 6.07) is 2.13. The molecular weight excluding hydrogens is 188 g/mol. The Hall–Kier alpha value is -0.830. The summed E-state index contributed by atoms with van der Waals surface area (Å²) in [5.74, 6) is 1.65. The van der Waals surface area contributed by atoms with Gasteiger partial charge in [-0.1, -0.05) is 24.4 Å². The number of aromatic nitrogens is 1. The molecule has 2 rings (SSSR count). The quantitative estimate of drug-likeness (QED) is 0.827. The third-order valence-corrected chi connectivity index (χ3v) is 3.23. The summed E-state index contributed by atoms with van der Waals surface area (Å²) < 4.78 is 5.31. The minimum absolute atomic E-state index is 0.647. The van der Waals surface area contributed by atoms with Crippen LogP contribution in [0.3, 0.4) is 0 Å². The molecule has 0 amide bonds. The van der Waals surface area contributed by atoms with E-state index in [-0.39, 0.29) is 0 Å². The highest BCUT2D eigenvalue weighted by Gasteiger charge is 2.18. The van der Waals surface area contributed by atoms with E-state index in [4.69, 9.17) is 10.3 Å². The van der Waals surface area contributed by atoms with E-state index in [2.05, 4.69) is 11.2 Å². The summed E-state index contributed by atoms with van der Waals surface area (Å²) in [5.41, 5.74) is 6.63. The normalized spacial score (nSPS) is 18.2. The van der Waals surface area contributed by atoms with Gasteiger partial charge in [0.1, 0.15) is 5.76 Å². The molecule has 3 heteroatoms. The molecule has 0 aromatic carbocycles. The van der Waals surface area contributed by atoms with Gasteiger partial charge in [-0.25, -0.2) is 0 Å². The molecule has 0 spiro atoms. The lowest BCUT2D eigenvalue weighted by Crippen LogP contribution is -2.04. The molecule has 0 aliphatic heterocycles. The predicted molar refractivity (Wildman–Crippen MR) is 59.7 cm³/mol. The zero-order valence-electron chi connectivity index (χ0n) is 9.24. The zero-order valence-corrected chi connectivity index (χ0v) is 9.24. The molecule has 1 aromatic rings. The summed E-state index contributed by atoms with van der Waals surface area (Å²) in [7, 11) is 0. The molecule has 84 valence electrons. The van der Waals surface area contributed by atoms with Gasteiger partial charge in [-0.2, -0.15) is 0 Å². The van der Waals surface area contributed by atoms with Crippen LogP contribution in [0.1, 0.15) is 55.9 Å². The monoisotopic (exact) mass is 208 g/mol. The Morgan fingerprint density at radius 2 is 2.13 bits per heavy atom. The number of aryl methyl sites for hydroxylation is 1. The second-order valence-corrected chi connectivity index (χ2v) is 4.45. The molecule has 1 heterocycles. The summed E-state index contributed by atoms with van der Waals surface area (Å²) in [5, 5.41) is 4.18. The molecule has 1 aromatic heterocycles. The molecule has 0 unspecified atom stereocenters. The highest BCUT2D eigenvalue weighted by molar-refractivity contribution is 5.11. The van der Waals surface area contributed by atoms with Gasteiger partial charge in [0, 0.05) is 18.4 Å². The fourth-order valence-electron chi connectivity index (χ4n) is 2.31. The van der Waals surface area contributed by atoms with Crippen molar-refractivity contribution in [3.05, 3.63) is 17.5 Å². The van der Waals surface area contributed by atoms with E-state index < -0.39 is 0 Å².